The zero-order chi connectivity index (χ0) is 20.9. The maximum absolute atomic E-state index is 13.3. The lowest BCUT2D eigenvalue weighted by molar-refractivity contribution is -0.136. The number of halogens is 3. The average molecular weight is 402 g/mol. The van der Waals surface area contributed by atoms with E-state index >= 15 is 0 Å². The lowest BCUT2D eigenvalue weighted by Crippen LogP contribution is -2.47. The first-order chi connectivity index (χ1) is 13.1. The number of anilines is 2. The molecule has 156 valence electrons. The molecule has 0 saturated carbocycles. The Morgan fingerprint density at radius 1 is 1.25 bits per heavy atom. The predicted molar refractivity (Wildman–Crippen MR) is 99.5 cm³/mol. The smallest absolute Gasteiger partial charge is 0.418 e. The van der Waals surface area contributed by atoms with Crippen LogP contribution >= 0.6 is 0 Å². The van der Waals surface area contributed by atoms with Crippen molar-refractivity contribution in [1.82, 2.24) is 10.2 Å². The zero-order valence-electron chi connectivity index (χ0n) is 16.1. The van der Waals surface area contributed by atoms with Crippen LogP contribution in [-0.2, 0) is 10.9 Å². The van der Waals surface area contributed by atoms with E-state index in [2.05, 4.69) is 10.6 Å². The number of amides is 3. The summed E-state index contributed by atoms with van der Waals surface area (Å²) in [6, 6.07) is 2.79. The van der Waals surface area contributed by atoms with E-state index in [0.717, 1.165) is 6.07 Å². The van der Waals surface area contributed by atoms with Crippen LogP contribution in [0.3, 0.4) is 0 Å². The molecular weight excluding hydrogens is 377 g/mol. The molecule has 0 bridgehead atoms. The van der Waals surface area contributed by atoms with E-state index in [4.69, 9.17) is 4.74 Å². The topological polar surface area (TPSA) is 73.9 Å². The summed E-state index contributed by atoms with van der Waals surface area (Å²) in [5.41, 5.74) is -0.838. The minimum absolute atomic E-state index is 0.235. The van der Waals surface area contributed by atoms with Crippen LogP contribution in [0.5, 0.6) is 0 Å². The summed E-state index contributed by atoms with van der Waals surface area (Å²) in [5.74, 6) is 0. The number of nitrogens with zero attached hydrogens (tertiary/aromatic N) is 2. The van der Waals surface area contributed by atoms with Gasteiger partial charge in [-0.3, -0.25) is 0 Å². The normalized spacial score (nSPS) is 15.1. The first-order valence-electron chi connectivity index (χ1n) is 8.99. The van der Waals surface area contributed by atoms with E-state index in [0.29, 0.717) is 31.6 Å². The molecule has 1 heterocycles. The highest BCUT2D eigenvalue weighted by Crippen LogP contribution is 2.37. The molecule has 10 heteroatoms. The van der Waals surface area contributed by atoms with Gasteiger partial charge in [-0.2, -0.15) is 13.2 Å². The van der Waals surface area contributed by atoms with E-state index in [-0.39, 0.29) is 18.3 Å². The van der Waals surface area contributed by atoms with Gasteiger partial charge in [-0.15, -0.1) is 0 Å². The van der Waals surface area contributed by atoms with Crippen molar-refractivity contribution in [2.45, 2.75) is 32.0 Å². The third-order valence-electron chi connectivity index (χ3n) is 4.43. The number of carbonyl (C=O) groups excluding carboxylic acids is 2. The Kier molecular flexibility index (Phi) is 6.98. The SMILES string of the molecule is CCOC(=O)N1CCC(NC(=O)Nc2ccc(N(C)C)cc2C(F)(F)F)CC1. The van der Waals surface area contributed by atoms with E-state index < -0.39 is 23.9 Å². The number of nitrogens with one attached hydrogen (secondary N) is 2. The van der Waals surface area contributed by atoms with Crippen molar-refractivity contribution >= 4 is 23.5 Å². The van der Waals surface area contributed by atoms with Crippen LogP contribution in [0, 0.1) is 0 Å². The number of carbonyl (C=O) groups is 2. The number of likely N-dealkylation sites (tertiary alicyclic amines) is 1. The third kappa shape index (κ3) is 5.67. The number of piperidine rings is 1. The number of rotatable bonds is 4. The van der Waals surface area contributed by atoms with Gasteiger partial charge >= 0.3 is 18.3 Å². The van der Waals surface area contributed by atoms with E-state index in [1.807, 2.05) is 0 Å². The minimum Gasteiger partial charge on any atom is -0.450 e. The van der Waals surface area contributed by atoms with Crippen molar-refractivity contribution in [3.8, 4) is 0 Å². The molecule has 0 atom stereocenters. The Bertz CT molecular complexity index is 702. The molecule has 0 radical (unpaired) electrons. The number of hydrogen-bond acceptors (Lipinski definition) is 4. The lowest BCUT2D eigenvalue weighted by atomic mass is 10.1. The highest BCUT2D eigenvalue weighted by molar-refractivity contribution is 5.90. The molecule has 2 rings (SSSR count). The van der Waals surface area contributed by atoms with Crippen molar-refractivity contribution in [2.75, 3.05) is 44.0 Å². The lowest BCUT2D eigenvalue weighted by Gasteiger charge is -2.31. The van der Waals surface area contributed by atoms with Gasteiger partial charge < -0.3 is 25.2 Å². The summed E-state index contributed by atoms with van der Waals surface area (Å²) in [6.07, 6.45) is -4.00. The Morgan fingerprint density at radius 2 is 1.89 bits per heavy atom. The summed E-state index contributed by atoms with van der Waals surface area (Å²) in [5, 5.41) is 4.96. The Morgan fingerprint density at radius 3 is 2.43 bits per heavy atom. The second kappa shape index (κ2) is 9.03. The van der Waals surface area contributed by atoms with Crippen molar-refractivity contribution in [3.63, 3.8) is 0 Å². The van der Waals surface area contributed by atoms with Gasteiger partial charge in [0.15, 0.2) is 0 Å². The number of benzene rings is 1. The quantitative estimate of drug-likeness (QED) is 0.808. The Balaban J connectivity index is 1.97. The van der Waals surface area contributed by atoms with Crippen molar-refractivity contribution < 1.29 is 27.5 Å². The molecule has 28 heavy (non-hydrogen) atoms. The Labute approximate surface area is 161 Å². The van der Waals surface area contributed by atoms with Crippen LogP contribution in [0.1, 0.15) is 25.3 Å². The average Bonchev–Trinajstić information content (AvgIpc) is 2.61. The molecule has 3 amide bonds. The van der Waals surface area contributed by atoms with Crippen LogP contribution in [0.2, 0.25) is 0 Å². The van der Waals surface area contributed by atoms with Crippen molar-refractivity contribution in [2.24, 2.45) is 0 Å². The molecule has 7 nitrogen and oxygen atoms in total. The van der Waals surface area contributed by atoms with Crippen LogP contribution in [-0.4, -0.2) is 56.9 Å². The van der Waals surface area contributed by atoms with Gasteiger partial charge in [0.05, 0.1) is 17.9 Å². The highest BCUT2D eigenvalue weighted by Gasteiger charge is 2.34. The highest BCUT2D eigenvalue weighted by atomic mass is 19.4. The van der Waals surface area contributed by atoms with Gasteiger partial charge in [0.2, 0.25) is 0 Å². The molecule has 0 unspecified atom stereocenters. The molecule has 1 fully saturated rings. The van der Waals surface area contributed by atoms with Gasteiger partial charge in [0.25, 0.3) is 0 Å². The minimum atomic E-state index is -4.60. The monoisotopic (exact) mass is 402 g/mol. The molecule has 0 aliphatic carbocycles. The fourth-order valence-corrected chi connectivity index (χ4v) is 2.92. The molecule has 2 N–H and O–H groups in total. The zero-order valence-corrected chi connectivity index (χ0v) is 16.1. The molecule has 0 aromatic heterocycles. The standard InChI is InChI=1S/C18H25F3N4O3/c1-4-28-17(27)25-9-7-12(8-10-25)22-16(26)23-15-6-5-13(24(2)3)11-14(15)18(19,20)21/h5-6,11-12H,4,7-10H2,1-3H3,(H2,22,23,26). The molecule has 1 saturated heterocycles. The molecule has 0 spiro atoms. The van der Waals surface area contributed by atoms with Gasteiger partial charge in [-0.05, 0) is 38.0 Å². The first kappa shape index (κ1) is 21.6. The van der Waals surface area contributed by atoms with E-state index in [1.54, 1.807) is 30.8 Å². The molecule has 1 aliphatic heterocycles. The number of alkyl halides is 3. The van der Waals surface area contributed by atoms with Crippen molar-refractivity contribution in [3.05, 3.63) is 23.8 Å². The Hall–Kier alpha value is -2.65. The summed E-state index contributed by atoms with van der Waals surface area (Å²) in [4.78, 5) is 27.0. The number of ether oxygens (including phenoxy) is 1. The van der Waals surface area contributed by atoms with E-state index in [1.165, 1.54) is 12.1 Å². The summed E-state index contributed by atoms with van der Waals surface area (Å²) >= 11 is 0. The summed E-state index contributed by atoms with van der Waals surface area (Å²) in [6.45, 7) is 2.83. The van der Waals surface area contributed by atoms with Crippen molar-refractivity contribution in [1.29, 1.82) is 0 Å². The second-order valence-electron chi connectivity index (χ2n) is 6.68. The van der Waals surface area contributed by atoms with Gasteiger partial charge in [0, 0.05) is 38.9 Å². The van der Waals surface area contributed by atoms with Crippen LogP contribution < -0.4 is 15.5 Å². The molecule has 1 aliphatic rings. The fourth-order valence-electron chi connectivity index (χ4n) is 2.92. The van der Waals surface area contributed by atoms with Crippen LogP contribution in [0.25, 0.3) is 0 Å². The second-order valence-corrected chi connectivity index (χ2v) is 6.68. The largest absolute Gasteiger partial charge is 0.450 e. The summed E-state index contributed by atoms with van der Waals surface area (Å²) in [7, 11) is 3.27. The third-order valence-corrected chi connectivity index (χ3v) is 4.43. The van der Waals surface area contributed by atoms with Gasteiger partial charge in [-0.25, -0.2) is 9.59 Å². The molecule has 1 aromatic rings. The fraction of sp³-hybridized carbons (Fsp3) is 0.556. The first-order valence-corrected chi connectivity index (χ1v) is 8.99. The van der Waals surface area contributed by atoms with Gasteiger partial charge in [0.1, 0.15) is 0 Å². The summed E-state index contributed by atoms with van der Waals surface area (Å²) < 4.78 is 45.0. The molecular formula is C18H25F3N4O3. The number of hydrogen-bond donors (Lipinski definition) is 2. The number of urea groups is 1. The predicted octanol–water partition coefficient (Wildman–Crippen LogP) is 3.51. The van der Waals surface area contributed by atoms with Crippen LogP contribution in [0.4, 0.5) is 34.1 Å². The maximum atomic E-state index is 13.3. The maximum Gasteiger partial charge on any atom is 0.418 e. The van der Waals surface area contributed by atoms with E-state index in [9.17, 15) is 22.8 Å². The van der Waals surface area contributed by atoms with Gasteiger partial charge in [-0.1, -0.05) is 0 Å². The molecule has 1 aromatic carbocycles. The van der Waals surface area contributed by atoms with Crippen LogP contribution in [0.15, 0.2) is 18.2 Å².